The maximum absolute atomic E-state index is 4.32. The van der Waals surface area contributed by atoms with Crippen LogP contribution in [0.25, 0.3) is 0 Å². The molecule has 0 aromatic carbocycles. The lowest BCUT2D eigenvalue weighted by Gasteiger charge is -2.20. The van der Waals surface area contributed by atoms with E-state index in [1.54, 1.807) is 6.33 Å². The van der Waals surface area contributed by atoms with Crippen molar-refractivity contribution in [3.63, 3.8) is 0 Å². The van der Waals surface area contributed by atoms with Gasteiger partial charge in [0.2, 0.25) is 0 Å². The van der Waals surface area contributed by atoms with Crippen LogP contribution >= 0.6 is 0 Å². The van der Waals surface area contributed by atoms with Gasteiger partial charge in [-0.05, 0) is 32.9 Å². The number of hydrogen-bond donors (Lipinski definition) is 0. The second kappa shape index (κ2) is 8.67. The molecule has 3 nitrogen and oxygen atoms in total. The summed E-state index contributed by atoms with van der Waals surface area (Å²) in [5, 5.41) is 0. The zero-order chi connectivity index (χ0) is 14.1. The first-order valence-corrected chi connectivity index (χ1v) is 6.93. The molecule has 3 heteroatoms. The monoisotopic (exact) mass is 249 g/mol. The Morgan fingerprint density at radius 1 is 1.17 bits per heavy atom. The van der Waals surface area contributed by atoms with Gasteiger partial charge in [0.15, 0.2) is 0 Å². The zero-order valence-electron chi connectivity index (χ0n) is 12.7. The number of rotatable bonds is 3. The summed E-state index contributed by atoms with van der Waals surface area (Å²) in [7, 11) is 0. The summed E-state index contributed by atoms with van der Waals surface area (Å²) < 4.78 is 0. The highest BCUT2D eigenvalue weighted by atomic mass is 15.2. The van der Waals surface area contributed by atoms with Crippen LogP contribution in [-0.4, -0.2) is 16.0 Å². The minimum atomic E-state index is 0.612. The molecule has 0 bridgehead atoms. The molecule has 1 aromatic heterocycles. The standard InChI is InChI=1S/C11H15N3.2C2H6/c1-4-14(10-5-6-10)11-8(2)9(3)12-7-13-11;2*1-2/h4,7,10H,1,5-6H2,2-3H3;2*1-2H3. The van der Waals surface area contributed by atoms with E-state index in [0.29, 0.717) is 6.04 Å². The van der Waals surface area contributed by atoms with Gasteiger partial charge in [-0.15, -0.1) is 0 Å². The van der Waals surface area contributed by atoms with Gasteiger partial charge in [0.05, 0.1) is 0 Å². The first-order valence-electron chi connectivity index (χ1n) is 6.93. The van der Waals surface area contributed by atoms with E-state index in [4.69, 9.17) is 0 Å². The van der Waals surface area contributed by atoms with E-state index in [0.717, 1.165) is 17.1 Å². The van der Waals surface area contributed by atoms with Crippen molar-refractivity contribution in [2.24, 2.45) is 0 Å². The molecule has 0 saturated heterocycles. The van der Waals surface area contributed by atoms with E-state index in [1.165, 1.54) is 12.8 Å². The third kappa shape index (κ3) is 4.13. The molecule has 0 aliphatic heterocycles. The van der Waals surface area contributed by atoms with E-state index in [9.17, 15) is 0 Å². The molecule has 2 rings (SSSR count). The number of hydrogen-bond acceptors (Lipinski definition) is 3. The lowest BCUT2D eigenvalue weighted by molar-refractivity contribution is 0.907. The molecule has 0 unspecified atom stereocenters. The van der Waals surface area contributed by atoms with Gasteiger partial charge in [-0.2, -0.15) is 0 Å². The SMILES string of the molecule is C=CN(c1ncnc(C)c1C)C1CC1.CC.CC. The van der Waals surface area contributed by atoms with Gasteiger partial charge in [-0.25, -0.2) is 9.97 Å². The summed E-state index contributed by atoms with van der Waals surface area (Å²) in [4.78, 5) is 10.6. The van der Waals surface area contributed by atoms with E-state index >= 15 is 0 Å². The zero-order valence-corrected chi connectivity index (χ0v) is 12.7. The maximum Gasteiger partial charge on any atom is 0.139 e. The first kappa shape index (κ1) is 16.6. The van der Waals surface area contributed by atoms with Gasteiger partial charge < -0.3 is 4.90 Å². The van der Waals surface area contributed by atoms with Gasteiger partial charge in [-0.1, -0.05) is 34.3 Å². The number of aromatic nitrogens is 2. The predicted molar refractivity (Wildman–Crippen MR) is 79.9 cm³/mol. The van der Waals surface area contributed by atoms with Crippen LogP contribution in [0.2, 0.25) is 0 Å². The third-order valence-electron chi connectivity index (χ3n) is 2.69. The number of anilines is 1. The maximum atomic E-state index is 4.32. The molecular weight excluding hydrogens is 222 g/mol. The molecule has 102 valence electrons. The van der Waals surface area contributed by atoms with Crippen LogP contribution < -0.4 is 4.90 Å². The normalized spacial score (nSPS) is 12.6. The Kier molecular flexibility index (Phi) is 8.01. The largest absolute Gasteiger partial charge is 0.330 e. The second-order valence-electron chi connectivity index (χ2n) is 3.73. The minimum absolute atomic E-state index is 0.612. The van der Waals surface area contributed by atoms with Crippen LogP contribution in [0.5, 0.6) is 0 Å². The fraction of sp³-hybridized carbons (Fsp3) is 0.600. The first-order chi connectivity index (χ1) is 8.74. The topological polar surface area (TPSA) is 29.0 Å². The average molecular weight is 249 g/mol. The van der Waals surface area contributed by atoms with Crippen LogP contribution in [-0.2, 0) is 0 Å². The Morgan fingerprint density at radius 3 is 2.17 bits per heavy atom. The van der Waals surface area contributed by atoms with Crippen molar-refractivity contribution in [3.8, 4) is 0 Å². The van der Waals surface area contributed by atoms with Crippen LogP contribution in [0.3, 0.4) is 0 Å². The smallest absolute Gasteiger partial charge is 0.139 e. The minimum Gasteiger partial charge on any atom is -0.330 e. The molecule has 1 saturated carbocycles. The van der Waals surface area contributed by atoms with Crippen molar-refractivity contribution >= 4 is 5.82 Å². The molecule has 1 aliphatic rings. The Morgan fingerprint density at radius 2 is 1.72 bits per heavy atom. The summed E-state index contributed by atoms with van der Waals surface area (Å²) in [5.74, 6) is 1.01. The number of aryl methyl sites for hydroxylation is 1. The fourth-order valence-electron chi connectivity index (χ4n) is 1.55. The number of nitrogens with zero attached hydrogens (tertiary/aromatic N) is 3. The van der Waals surface area contributed by atoms with Gasteiger partial charge in [0.25, 0.3) is 0 Å². The fourth-order valence-corrected chi connectivity index (χ4v) is 1.55. The highest BCUT2D eigenvalue weighted by Gasteiger charge is 2.29. The van der Waals surface area contributed by atoms with Crippen molar-refractivity contribution < 1.29 is 0 Å². The summed E-state index contributed by atoms with van der Waals surface area (Å²) in [6.45, 7) is 15.9. The van der Waals surface area contributed by atoms with E-state index in [-0.39, 0.29) is 0 Å². The Labute approximate surface area is 112 Å². The third-order valence-corrected chi connectivity index (χ3v) is 2.69. The Hall–Kier alpha value is -1.38. The van der Waals surface area contributed by atoms with Crippen molar-refractivity contribution in [1.82, 2.24) is 9.97 Å². The molecule has 1 heterocycles. The second-order valence-corrected chi connectivity index (χ2v) is 3.73. The highest BCUT2D eigenvalue weighted by Crippen LogP contribution is 2.32. The summed E-state index contributed by atoms with van der Waals surface area (Å²) in [5.41, 5.74) is 2.20. The van der Waals surface area contributed by atoms with Crippen molar-refractivity contribution in [3.05, 3.63) is 30.4 Å². The molecule has 0 N–H and O–H groups in total. The molecule has 0 amide bonds. The Bertz CT molecular complexity index is 357. The van der Waals surface area contributed by atoms with Crippen LogP contribution in [0, 0.1) is 13.8 Å². The van der Waals surface area contributed by atoms with Crippen molar-refractivity contribution in [2.45, 2.75) is 60.4 Å². The summed E-state index contributed by atoms with van der Waals surface area (Å²) in [6.07, 6.45) is 5.98. The van der Waals surface area contributed by atoms with E-state index < -0.39 is 0 Å². The van der Waals surface area contributed by atoms with Gasteiger partial charge in [0.1, 0.15) is 12.1 Å². The predicted octanol–water partition coefficient (Wildman–Crippen LogP) is 4.26. The van der Waals surface area contributed by atoms with Gasteiger partial charge in [0, 0.05) is 17.3 Å². The highest BCUT2D eigenvalue weighted by molar-refractivity contribution is 5.51. The lowest BCUT2D eigenvalue weighted by atomic mass is 10.2. The van der Waals surface area contributed by atoms with Crippen LogP contribution in [0.15, 0.2) is 19.1 Å². The molecule has 1 aromatic rings. The van der Waals surface area contributed by atoms with Crippen LogP contribution in [0.4, 0.5) is 5.82 Å². The van der Waals surface area contributed by atoms with Gasteiger partial charge >= 0.3 is 0 Å². The quantitative estimate of drug-likeness (QED) is 0.801. The van der Waals surface area contributed by atoms with E-state index in [2.05, 4.69) is 28.4 Å². The molecule has 0 radical (unpaired) electrons. The molecule has 0 atom stereocenters. The average Bonchev–Trinajstić information content (AvgIpc) is 3.25. The molecule has 1 aliphatic carbocycles. The summed E-state index contributed by atoms with van der Waals surface area (Å²) in [6, 6.07) is 0.612. The molecule has 0 spiro atoms. The van der Waals surface area contributed by atoms with E-state index in [1.807, 2.05) is 40.8 Å². The molecular formula is C15H27N3. The van der Waals surface area contributed by atoms with Crippen LogP contribution in [0.1, 0.15) is 51.8 Å². The molecule has 1 fully saturated rings. The Balaban J connectivity index is 0.000000659. The lowest BCUT2D eigenvalue weighted by Crippen LogP contribution is -2.20. The molecule has 18 heavy (non-hydrogen) atoms. The van der Waals surface area contributed by atoms with Gasteiger partial charge in [-0.3, -0.25) is 0 Å². The van der Waals surface area contributed by atoms with Crippen molar-refractivity contribution in [2.75, 3.05) is 4.90 Å². The van der Waals surface area contributed by atoms with Crippen molar-refractivity contribution in [1.29, 1.82) is 0 Å². The summed E-state index contributed by atoms with van der Waals surface area (Å²) >= 11 is 0.